The Morgan fingerprint density at radius 3 is 2.87 bits per heavy atom. The van der Waals surface area contributed by atoms with E-state index in [1.807, 2.05) is 13.8 Å². The second-order valence-electron chi connectivity index (χ2n) is 3.43. The average molecular weight is 208 g/mol. The number of aromatic nitrogens is 2. The molecule has 0 saturated heterocycles. The largest absolute Gasteiger partial charge is 0.322 e. The Kier molecular flexibility index (Phi) is 3.62. The van der Waals surface area contributed by atoms with E-state index < -0.39 is 6.04 Å². The molecule has 0 bridgehead atoms. The van der Waals surface area contributed by atoms with Gasteiger partial charge in [0.05, 0.1) is 23.1 Å². The first kappa shape index (κ1) is 11.5. The number of rotatable bonds is 4. The summed E-state index contributed by atoms with van der Waals surface area (Å²) in [5.41, 5.74) is 7.92. The van der Waals surface area contributed by atoms with Crippen molar-refractivity contribution in [3.8, 4) is 0 Å². The summed E-state index contributed by atoms with van der Waals surface area (Å²) in [5, 5.41) is 9.50. The highest BCUT2D eigenvalue weighted by atomic mass is 16.2. The number of nitrogens with zero attached hydrogens (tertiary/aromatic N) is 1. The number of carbonyl (C=O) groups is 1. The molecule has 0 aliphatic rings. The molecule has 15 heavy (non-hydrogen) atoms. The maximum Gasteiger partial charge on any atom is 0.241 e. The fraction of sp³-hybridized carbons (Fsp3) is 0.400. The fourth-order valence-corrected chi connectivity index (χ4v) is 1.24. The number of carbonyl (C=O) groups excluding carboxylic acids is 1. The van der Waals surface area contributed by atoms with Crippen molar-refractivity contribution in [2.45, 2.75) is 26.3 Å². The highest BCUT2D eigenvalue weighted by Gasteiger charge is 2.15. The Hall–Kier alpha value is -1.62. The van der Waals surface area contributed by atoms with Crippen LogP contribution in [0.3, 0.4) is 0 Å². The van der Waals surface area contributed by atoms with Crippen LogP contribution in [0.1, 0.15) is 17.8 Å². The SMILES string of the molecule is C=CCC(N)C(=O)Nc1c(C)n[nH]c1C. The Bertz CT molecular complexity index is 350. The molecule has 0 aromatic carbocycles. The zero-order chi connectivity index (χ0) is 11.4. The predicted molar refractivity (Wildman–Crippen MR) is 59.5 cm³/mol. The highest BCUT2D eigenvalue weighted by molar-refractivity contribution is 5.95. The van der Waals surface area contributed by atoms with E-state index in [4.69, 9.17) is 5.73 Å². The predicted octanol–water partition coefficient (Wildman–Crippen LogP) is 0.868. The van der Waals surface area contributed by atoms with Crippen molar-refractivity contribution in [3.63, 3.8) is 0 Å². The number of hydrogen-bond acceptors (Lipinski definition) is 3. The normalized spacial score (nSPS) is 12.2. The number of nitrogens with one attached hydrogen (secondary N) is 2. The van der Waals surface area contributed by atoms with E-state index in [-0.39, 0.29) is 5.91 Å². The molecule has 0 spiro atoms. The first-order valence-electron chi connectivity index (χ1n) is 4.75. The number of hydrogen-bond donors (Lipinski definition) is 3. The number of aromatic amines is 1. The van der Waals surface area contributed by atoms with E-state index in [1.54, 1.807) is 6.08 Å². The van der Waals surface area contributed by atoms with E-state index in [1.165, 1.54) is 0 Å². The number of amides is 1. The summed E-state index contributed by atoms with van der Waals surface area (Å²) in [6.07, 6.45) is 2.08. The lowest BCUT2D eigenvalue weighted by Crippen LogP contribution is -2.35. The van der Waals surface area contributed by atoms with Crippen molar-refractivity contribution >= 4 is 11.6 Å². The van der Waals surface area contributed by atoms with Gasteiger partial charge in [-0.3, -0.25) is 9.89 Å². The van der Waals surface area contributed by atoms with Crippen LogP contribution in [0.5, 0.6) is 0 Å². The molecule has 1 aromatic rings. The van der Waals surface area contributed by atoms with E-state index in [9.17, 15) is 4.79 Å². The third-order valence-corrected chi connectivity index (χ3v) is 2.13. The average Bonchev–Trinajstić information content (AvgIpc) is 2.49. The molecule has 0 aliphatic heterocycles. The smallest absolute Gasteiger partial charge is 0.241 e. The van der Waals surface area contributed by atoms with Crippen molar-refractivity contribution in [2.24, 2.45) is 5.73 Å². The van der Waals surface area contributed by atoms with Gasteiger partial charge in [-0.05, 0) is 20.3 Å². The number of aryl methyl sites for hydroxylation is 2. The second-order valence-corrected chi connectivity index (χ2v) is 3.43. The first-order valence-corrected chi connectivity index (χ1v) is 4.75. The monoisotopic (exact) mass is 208 g/mol. The van der Waals surface area contributed by atoms with Crippen LogP contribution in [0.25, 0.3) is 0 Å². The lowest BCUT2D eigenvalue weighted by molar-refractivity contribution is -0.117. The zero-order valence-electron chi connectivity index (χ0n) is 9.00. The summed E-state index contributed by atoms with van der Waals surface area (Å²) >= 11 is 0. The molecule has 5 nitrogen and oxygen atoms in total. The third-order valence-electron chi connectivity index (χ3n) is 2.13. The van der Waals surface area contributed by atoms with Crippen LogP contribution in [0.15, 0.2) is 12.7 Å². The van der Waals surface area contributed by atoms with Crippen LogP contribution in [0, 0.1) is 13.8 Å². The Labute approximate surface area is 88.7 Å². The van der Waals surface area contributed by atoms with E-state index in [0.717, 1.165) is 11.4 Å². The lowest BCUT2D eigenvalue weighted by atomic mass is 10.2. The minimum absolute atomic E-state index is 0.220. The molecular weight excluding hydrogens is 192 g/mol. The standard InChI is InChI=1S/C10H16N4O/c1-4-5-8(11)10(15)12-9-6(2)13-14-7(9)3/h4,8H,1,5,11H2,2-3H3,(H,12,15)(H,13,14). The summed E-state index contributed by atoms with van der Waals surface area (Å²) in [6, 6.07) is -0.559. The molecule has 1 unspecified atom stereocenters. The van der Waals surface area contributed by atoms with Crippen molar-refractivity contribution in [1.29, 1.82) is 0 Å². The Morgan fingerprint density at radius 2 is 2.40 bits per heavy atom. The van der Waals surface area contributed by atoms with Crippen LogP contribution < -0.4 is 11.1 Å². The summed E-state index contributed by atoms with van der Waals surface area (Å²) in [4.78, 5) is 11.6. The molecular formula is C10H16N4O. The van der Waals surface area contributed by atoms with Gasteiger partial charge in [0.1, 0.15) is 0 Å². The molecule has 1 aromatic heterocycles. The quantitative estimate of drug-likeness (QED) is 0.642. The van der Waals surface area contributed by atoms with E-state index >= 15 is 0 Å². The molecule has 1 rings (SSSR count). The van der Waals surface area contributed by atoms with Gasteiger partial charge >= 0.3 is 0 Å². The maximum atomic E-state index is 11.6. The molecule has 82 valence electrons. The molecule has 1 atom stereocenters. The number of nitrogens with two attached hydrogens (primary N) is 1. The molecule has 1 heterocycles. The van der Waals surface area contributed by atoms with E-state index in [2.05, 4.69) is 22.1 Å². The number of H-pyrrole nitrogens is 1. The van der Waals surface area contributed by atoms with Gasteiger partial charge in [0.15, 0.2) is 0 Å². The molecule has 0 aliphatic carbocycles. The summed E-state index contributed by atoms with van der Waals surface area (Å²) in [6.45, 7) is 7.20. The zero-order valence-corrected chi connectivity index (χ0v) is 9.00. The van der Waals surface area contributed by atoms with Crippen LogP contribution in [0.4, 0.5) is 5.69 Å². The minimum Gasteiger partial charge on any atom is -0.322 e. The minimum atomic E-state index is -0.559. The van der Waals surface area contributed by atoms with Crippen molar-refractivity contribution in [3.05, 3.63) is 24.0 Å². The molecule has 0 radical (unpaired) electrons. The molecule has 0 fully saturated rings. The van der Waals surface area contributed by atoms with Crippen molar-refractivity contribution in [2.75, 3.05) is 5.32 Å². The Balaban J connectivity index is 2.70. The highest BCUT2D eigenvalue weighted by Crippen LogP contribution is 2.16. The van der Waals surface area contributed by atoms with Gasteiger partial charge in [-0.15, -0.1) is 6.58 Å². The van der Waals surface area contributed by atoms with Crippen LogP contribution >= 0.6 is 0 Å². The van der Waals surface area contributed by atoms with Crippen LogP contribution in [-0.2, 0) is 4.79 Å². The van der Waals surface area contributed by atoms with E-state index in [0.29, 0.717) is 12.1 Å². The van der Waals surface area contributed by atoms with Gasteiger partial charge in [-0.2, -0.15) is 5.10 Å². The third kappa shape index (κ3) is 2.66. The fourth-order valence-electron chi connectivity index (χ4n) is 1.24. The first-order chi connectivity index (χ1) is 7.06. The lowest BCUT2D eigenvalue weighted by Gasteiger charge is -2.10. The molecule has 4 N–H and O–H groups in total. The van der Waals surface area contributed by atoms with Crippen LogP contribution in [-0.4, -0.2) is 22.1 Å². The molecule has 5 heteroatoms. The summed E-state index contributed by atoms with van der Waals surface area (Å²) in [5.74, 6) is -0.220. The summed E-state index contributed by atoms with van der Waals surface area (Å²) < 4.78 is 0. The summed E-state index contributed by atoms with van der Waals surface area (Å²) in [7, 11) is 0. The van der Waals surface area contributed by atoms with Gasteiger partial charge in [0, 0.05) is 0 Å². The molecule has 0 saturated carbocycles. The topological polar surface area (TPSA) is 83.8 Å². The van der Waals surface area contributed by atoms with Gasteiger partial charge < -0.3 is 11.1 Å². The Morgan fingerprint density at radius 1 is 1.73 bits per heavy atom. The maximum absolute atomic E-state index is 11.6. The van der Waals surface area contributed by atoms with Gasteiger partial charge in [0.2, 0.25) is 5.91 Å². The van der Waals surface area contributed by atoms with Crippen molar-refractivity contribution < 1.29 is 4.79 Å². The van der Waals surface area contributed by atoms with Crippen LogP contribution in [0.2, 0.25) is 0 Å². The van der Waals surface area contributed by atoms with Crippen molar-refractivity contribution in [1.82, 2.24) is 10.2 Å². The second kappa shape index (κ2) is 4.75. The van der Waals surface area contributed by atoms with Gasteiger partial charge in [0.25, 0.3) is 0 Å². The van der Waals surface area contributed by atoms with Gasteiger partial charge in [-0.25, -0.2) is 0 Å². The molecule has 1 amide bonds. The van der Waals surface area contributed by atoms with Gasteiger partial charge in [-0.1, -0.05) is 6.08 Å². The number of anilines is 1.